The van der Waals surface area contributed by atoms with Crippen LogP contribution in [0, 0.1) is 17.3 Å². The van der Waals surface area contributed by atoms with Crippen LogP contribution in [0.1, 0.15) is 94.2 Å². The predicted molar refractivity (Wildman–Crippen MR) is 232 cm³/mol. The van der Waals surface area contributed by atoms with Crippen LogP contribution in [0.5, 0.6) is 0 Å². The van der Waals surface area contributed by atoms with Gasteiger partial charge in [0, 0.05) is 29.3 Å². The number of fused-ring (bicyclic) bond motifs is 6. The van der Waals surface area contributed by atoms with Crippen molar-refractivity contribution in [3.05, 3.63) is 83.6 Å². The Balaban J connectivity index is 0.906. The van der Waals surface area contributed by atoms with Crippen molar-refractivity contribution in [2.75, 3.05) is 26.6 Å². The number of alkyl halides is 2. The number of piperidine rings is 1. The van der Waals surface area contributed by atoms with Crippen molar-refractivity contribution in [1.29, 1.82) is 0 Å². The number of ether oxygens (including phenoxy) is 2. The summed E-state index contributed by atoms with van der Waals surface area (Å²) in [5.74, 6) is 3.88. The van der Waals surface area contributed by atoms with Gasteiger partial charge >= 0.3 is 12.2 Å². The molecule has 4 amide bonds. The lowest BCUT2D eigenvalue weighted by Gasteiger charge is -2.35. The van der Waals surface area contributed by atoms with Crippen LogP contribution >= 0.6 is 0 Å². The van der Waals surface area contributed by atoms with E-state index in [0.29, 0.717) is 58.1 Å². The zero-order chi connectivity index (χ0) is 45.0. The molecule has 1 unspecified atom stereocenters. The van der Waals surface area contributed by atoms with Crippen LogP contribution in [-0.2, 0) is 25.0 Å². The third kappa shape index (κ3) is 6.73. The lowest BCUT2D eigenvalue weighted by atomic mass is 9.97. The zero-order valence-corrected chi connectivity index (χ0v) is 36.3. The summed E-state index contributed by atoms with van der Waals surface area (Å²) in [6.45, 7) is 5.86. The number of aromatic nitrogens is 4. The number of nitrogens with zero attached hydrogens (tertiary/aromatic N) is 5. The number of imidazole rings is 2. The van der Waals surface area contributed by atoms with E-state index in [2.05, 4.69) is 15.6 Å². The molecule has 5 aliphatic rings. The van der Waals surface area contributed by atoms with Crippen LogP contribution in [-0.4, -0.2) is 92.3 Å². The van der Waals surface area contributed by atoms with Gasteiger partial charge in [-0.25, -0.2) is 19.6 Å². The largest absolute Gasteiger partial charge is 0.453 e. The Morgan fingerprint density at radius 2 is 1.52 bits per heavy atom. The van der Waals surface area contributed by atoms with Gasteiger partial charge in [-0.1, -0.05) is 44.2 Å². The number of benzene rings is 3. The number of carbonyl (C=O) groups is 4. The first-order valence-corrected chi connectivity index (χ1v) is 21.9. The van der Waals surface area contributed by atoms with E-state index in [1.807, 2.05) is 43.0 Å². The molecule has 2 bridgehead atoms. The second-order valence-corrected chi connectivity index (χ2v) is 18.7. The third-order valence-electron chi connectivity index (χ3n) is 14.3. The van der Waals surface area contributed by atoms with E-state index >= 15 is 8.78 Å². The summed E-state index contributed by atoms with van der Waals surface area (Å²) in [4.78, 5) is 68.6. The Morgan fingerprint density at radius 1 is 0.859 bits per heavy atom. The first-order valence-electron chi connectivity index (χ1n) is 21.9. The smallest absolute Gasteiger partial charge is 0.407 e. The van der Waals surface area contributed by atoms with Gasteiger partial charge in [-0.3, -0.25) is 14.3 Å². The number of halogens is 2. The fourth-order valence-corrected chi connectivity index (χ4v) is 10.8. The van der Waals surface area contributed by atoms with Gasteiger partial charge in [-0.15, -0.1) is 0 Å². The predicted octanol–water partition coefficient (Wildman–Crippen LogP) is 7.16. The van der Waals surface area contributed by atoms with Gasteiger partial charge in [-0.2, -0.15) is 8.78 Å². The summed E-state index contributed by atoms with van der Waals surface area (Å²) < 4.78 is 44.3. The number of carbonyl (C=O) groups excluding carboxylic acids is 4. The van der Waals surface area contributed by atoms with Crippen molar-refractivity contribution in [3.8, 4) is 33.5 Å². The molecule has 2 saturated heterocycles. The number of aromatic amines is 1. The average molecular weight is 876 g/mol. The number of amides is 4. The lowest BCUT2D eigenvalue weighted by molar-refractivity contribution is -0.138. The molecule has 3 aliphatic carbocycles. The summed E-state index contributed by atoms with van der Waals surface area (Å²) in [6.07, 6.45) is 5.53. The molecule has 4 heterocycles. The van der Waals surface area contributed by atoms with Crippen molar-refractivity contribution < 1.29 is 37.4 Å². The Kier molecular flexibility index (Phi) is 9.76. The minimum atomic E-state index is -3.32. The van der Waals surface area contributed by atoms with Crippen molar-refractivity contribution >= 4 is 35.0 Å². The highest BCUT2D eigenvalue weighted by atomic mass is 19.3. The first-order chi connectivity index (χ1) is 30.6. The number of nitrogens with two attached hydrogens (primary N) is 1. The summed E-state index contributed by atoms with van der Waals surface area (Å²) in [7, 11) is 2.51. The Bertz CT molecular complexity index is 2740. The number of hydrogen-bond acceptors (Lipinski definition) is 9. The van der Waals surface area contributed by atoms with Crippen LogP contribution in [0.15, 0.2) is 60.8 Å². The molecule has 2 saturated carbocycles. The normalized spacial score (nSPS) is 23.0. The van der Waals surface area contributed by atoms with Crippen LogP contribution in [0.3, 0.4) is 0 Å². The Morgan fingerprint density at radius 3 is 2.20 bits per heavy atom. The number of nitrogens with one attached hydrogen (secondary N) is 3. The summed E-state index contributed by atoms with van der Waals surface area (Å²) in [6, 6.07) is 13.4. The molecule has 6 atom stereocenters. The minimum absolute atomic E-state index is 0.0449. The minimum Gasteiger partial charge on any atom is -0.453 e. The molecule has 10 rings (SSSR count). The molecule has 1 spiro atoms. The van der Waals surface area contributed by atoms with E-state index in [-0.39, 0.29) is 52.3 Å². The van der Waals surface area contributed by atoms with Gasteiger partial charge in [0.25, 0.3) is 5.92 Å². The van der Waals surface area contributed by atoms with E-state index < -0.39 is 36.2 Å². The molecule has 5 aromatic rings. The SMILES string of the molecule is COC(=O)NC(C(=O)N1CC2(CC2)C[C@H]1c1nc(-c2ccc3c(c2)C(F)(F)c2cc(-c4ccc5nc([C@@H]6[C@H]7CC[C@H](C7)N6C(=O)[C@H](C)NC(=O)OC)[nH]c5c4)ccc2-3)cn1N)C(C)C. The van der Waals surface area contributed by atoms with Gasteiger partial charge in [-0.05, 0) is 109 Å². The fourth-order valence-electron chi connectivity index (χ4n) is 10.8. The molecule has 2 aromatic heterocycles. The second kappa shape index (κ2) is 15.0. The van der Waals surface area contributed by atoms with Gasteiger partial charge in [0.05, 0.1) is 49.2 Å². The lowest BCUT2D eigenvalue weighted by Crippen LogP contribution is -2.51. The molecular formula is C47H51F2N9O6. The number of hydrogen-bond donors (Lipinski definition) is 4. The Labute approximate surface area is 368 Å². The molecule has 334 valence electrons. The maximum absolute atomic E-state index is 16.7. The fraction of sp³-hybridized carbons (Fsp3) is 0.447. The summed E-state index contributed by atoms with van der Waals surface area (Å²) in [5.41, 5.74) is 4.21. The number of methoxy groups -OCH3 is 2. The molecule has 5 N–H and O–H groups in total. The third-order valence-corrected chi connectivity index (χ3v) is 14.3. The molecule has 0 radical (unpaired) electrons. The van der Waals surface area contributed by atoms with E-state index in [1.54, 1.807) is 42.3 Å². The number of likely N-dealkylation sites (tertiary alicyclic amines) is 2. The van der Waals surface area contributed by atoms with Gasteiger partial charge in [0.15, 0.2) is 5.82 Å². The molecule has 3 aromatic carbocycles. The van der Waals surface area contributed by atoms with Crippen LogP contribution in [0.4, 0.5) is 18.4 Å². The van der Waals surface area contributed by atoms with E-state index in [0.717, 1.165) is 43.2 Å². The summed E-state index contributed by atoms with van der Waals surface area (Å²) >= 11 is 0. The van der Waals surface area contributed by atoms with Gasteiger partial charge in [0.1, 0.15) is 17.9 Å². The van der Waals surface area contributed by atoms with E-state index in [4.69, 9.17) is 25.3 Å². The maximum atomic E-state index is 16.7. The van der Waals surface area contributed by atoms with Gasteiger partial charge < -0.3 is 40.7 Å². The standard InChI is InChI=1S/C47H51F2N9O6/c1-23(2)38(55-45(62)64-5)43(60)56-22-46(14-15-46)20-37(56)41-54-36(21-57(41)50)27-8-12-31-30-11-7-25(17-32(30)47(48,49)33(31)18-27)26-9-13-34-35(19-26)53-40(52-34)39-28-6-10-29(16-28)58(39)42(59)24(3)51-44(61)63-4/h7-9,11-13,17-19,21,23-24,28-29,37-39H,6,10,14-16,20,22,50H2,1-5H3,(H,51,61)(H,52,53)(H,55,62)/t24-,28-,29+,37-,38?,39-/m0/s1. The van der Waals surface area contributed by atoms with Crippen molar-refractivity contribution in [1.82, 2.24) is 40.1 Å². The zero-order valence-electron chi connectivity index (χ0n) is 36.3. The Hall–Kier alpha value is -6.52. The van der Waals surface area contributed by atoms with Crippen molar-refractivity contribution in [2.24, 2.45) is 17.3 Å². The number of H-pyrrole nitrogens is 1. The monoisotopic (exact) mass is 875 g/mol. The van der Waals surface area contributed by atoms with Crippen LogP contribution in [0.25, 0.3) is 44.5 Å². The molecular weight excluding hydrogens is 825 g/mol. The molecule has 15 nitrogen and oxygen atoms in total. The molecule has 64 heavy (non-hydrogen) atoms. The van der Waals surface area contributed by atoms with Crippen LogP contribution in [0.2, 0.25) is 0 Å². The topological polar surface area (TPSA) is 190 Å². The molecule has 17 heteroatoms. The highest BCUT2D eigenvalue weighted by molar-refractivity contribution is 5.89. The summed E-state index contributed by atoms with van der Waals surface area (Å²) in [5, 5.41) is 5.28. The van der Waals surface area contributed by atoms with Crippen molar-refractivity contribution in [3.63, 3.8) is 0 Å². The molecule has 4 fully saturated rings. The highest BCUT2D eigenvalue weighted by Crippen LogP contribution is 2.59. The maximum Gasteiger partial charge on any atom is 0.407 e. The van der Waals surface area contributed by atoms with E-state index in [1.165, 1.54) is 25.0 Å². The number of rotatable bonds is 9. The molecule has 2 aliphatic heterocycles. The number of alkyl carbamates (subject to hydrolysis) is 2. The number of nitrogen functional groups attached to an aromatic ring is 1. The second-order valence-electron chi connectivity index (χ2n) is 18.7. The first kappa shape index (κ1) is 41.5. The quantitative estimate of drug-likeness (QED) is 0.111. The van der Waals surface area contributed by atoms with Crippen LogP contribution < -0.4 is 16.5 Å². The van der Waals surface area contributed by atoms with E-state index in [9.17, 15) is 19.2 Å². The highest BCUT2D eigenvalue weighted by Gasteiger charge is 2.56. The van der Waals surface area contributed by atoms with Gasteiger partial charge in [0.2, 0.25) is 11.8 Å². The average Bonchev–Trinajstić information content (AvgIpc) is 3.89. The van der Waals surface area contributed by atoms with Crippen molar-refractivity contribution in [2.45, 2.75) is 95.4 Å².